The smallest absolute Gasteiger partial charge is 0.338 e. The molecule has 2 aromatic rings. The Balaban J connectivity index is 1.56. The Morgan fingerprint density at radius 2 is 1.90 bits per heavy atom. The Morgan fingerprint density at radius 3 is 2.53 bits per heavy atom. The van der Waals surface area contributed by atoms with Crippen LogP contribution in [0.1, 0.15) is 29.8 Å². The first-order valence-corrected chi connectivity index (χ1v) is 9.92. The molecule has 0 unspecified atom stereocenters. The number of ether oxygens (including phenoxy) is 5. The van der Waals surface area contributed by atoms with Crippen molar-refractivity contribution in [3.05, 3.63) is 77.9 Å². The zero-order valence-electron chi connectivity index (χ0n) is 17.6. The third-order valence-electron chi connectivity index (χ3n) is 4.64. The Bertz CT molecular complexity index is 829. The van der Waals surface area contributed by atoms with Crippen molar-refractivity contribution in [1.29, 1.82) is 0 Å². The molecule has 1 heterocycles. The molecule has 1 aliphatic heterocycles. The summed E-state index contributed by atoms with van der Waals surface area (Å²) in [4.78, 5) is 12.2. The van der Waals surface area contributed by atoms with E-state index < -0.39 is 11.8 Å². The summed E-state index contributed by atoms with van der Waals surface area (Å²) in [5.41, 5.74) is 1.54. The zero-order valence-corrected chi connectivity index (χ0v) is 17.6. The Hall–Kier alpha value is -2.67. The van der Waals surface area contributed by atoms with Crippen LogP contribution in [0.2, 0.25) is 0 Å². The summed E-state index contributed by atoms with van der Waals surface area (Å²) in [5.74, 6) is -0.356. The number of hydrogen-bond acceptors (Lipinski definition) is 6. The minimum absolute atomic E-state index is 0.132. The molecule has 0 amide bonds. The molecule has 0 saturated carbocycles. The second-order valence-electron chi connectivity index (χ2n) is 7.38. The summed E-state index contributed by atoms with van der Waals surface area (Å²) >= 11 is 0. The highest BCUT2D eigenvalue weighted by atomic mass is 16.7. The van der Waals surface area contributed by atoms with Crippen LogP contribution in [0, 0.1) is 0 Å². The van der Waals surface area contributed by atoms with E-state index in [4.69, 9.17) is 23.7 Å². The van der Waals surface area contributed by atoms with Crippen LogP contribution < -0.4 is 4.74 Å². The highest BCUT2D eigenvalue weighted by Gasteiger charge is 2.37. The molecule has 6 heteroatoms. The number of carbonyl (C=O) groups excluding carboxylic acids is 1. The van der Waals surface area contributed by atoms with Crippen molar-refractivity contribution in [2.45, 2.75) is 38.4 Å². The molecule has 0 bridgehead atoms. The lowest BCUT2D eigenvalue weighted by molar-refractivity contribution is -0.152. The first kappa shape index (κ1) is 22.0. The van der Waals surface area contributed by atoms with Crippen LogP contribution in [0.25, 0.3) is 0 Å². The van der Waals surface area contributed by atoms with Gasteiger partial charge in [-0.1, -0.05) is 36.4 Å². The first-order valence-electron chi connectivity index (χ1n) is 9.92. The van der Waals surface area contributed by atoms with Crippen LogP contribution in [0.4, 0.5) is 0 Å². The predicted molar refractivity (Wildman–Crippen MR) is 112 cm³/mol. The monoisotopic (exact) mass is 412 g/mol. The largest absolute Gasteiger partial charge is 0.497 e. The molecule has 2 aromatic carbocycles. The fourth-order valence-corrected chi connectivity index (χ4v) is 3.05. The predicted octanol–water partition coefficient (Wildman–Crippen LogP) is 4.15. The molecule has 3 rings (SSSR count). The number of methoxy groups -OCH3 is 1. The van der Waals surface area contributed by atoms with Gasteiger partial charge in [-0.2, -0.15) is 0 Å². The fourth-order valence-electron chi connectivity index (χ4n) is 3.05. The third kappa shape index (κ3) is 6.42. The van der Waals surface area contributed by atoms with Gasteiger partial charge in [0, 0.05) is 0 Å². The summed E-state index contributed by atoms with van der Waals surface area (Å²) in [5, 5.41) is 0. The lowest BCUT2D eigenvalue weighted by Gasteiger charge is -2.22. The number of benzene rings is 2. The normalized spacial score (nSPS) is 19.0. The van der Waals surface area contributed by atoms with Crippen LogP contribution in [0.15, 0.2) is 66.7 Å². The molecule has 1 fully saturated rings. The highest BCUT2D eigenvalue weighted by Crippen LogP contribution is 2.26. The van der Waals surface area contributed by atoms with Crippen LogP contribution in [-0.4, -0.2) is 44.3 Å². The number of rotatable bonds is 9. The quantitative estimate of drug-likeness (QED) is 0.456. The summed E-state index contributed by atoms with van der Waals surface area (Å²) in [7, 11) is 1.58. The molecule has 1 aliphatic rings. The van der Waals surface area contributed by atoms with Gasteiger partial charge in [0.25, 0.3) is 0 Å². The second kappa shape index (κ2) is 10.4. The lowest BCUT2D eigenvalue weighted by Crippen LogP contribution is -2.31. The van der Waals surface area contributed by atoms with Crippen molar-refractivity contribution in [3.8, 4) is 5.75 Å². The van der Waals surface area contributed by atoms with E-state index in [-0.39, 0.29) is 18.8 Å². The van der Waals surface area contributed by atoms with Gasteiger partial charge in [-0.05, 0) is 49.8 Å². The zero-order chi connectivity index (χ0) is 21.4. The Kier molecular flexibility index (Phi) is 7.63. The topological polar surface area (TPSA) is 63.2 Å². The van der Waals surface area contributed by atoms with E-state index >= 15 is 0 Å². The Morgan fingerprint density at radius 1 is 1.17 bits per heavy atom. The molecule has 6 nitrogen and oxygen atoms in total. The van der Waals surface area contributed by atoms with E-state index in [0.717, 1.165) is 5.56 Å². The van der Waals surface area contributed by atoms with E-state index in [1.54, 1.807) is 37.5 Å². The van der Waals surface area contributed by atoms with Gasteiger partial charge < -0.3 is 23.7 Å². The molecule has 0 N–H and O–H groups in total. The maximum Gasteiger partial charge on any atom is 0.338 e. The van der Waals surface area contributed by atoms with Gasteiger partial charge in [0.15, 0.2) is 5.79 Å². The van der Waals surface area contributed by atoms with Gasteiger partial charge in [0.2, 0.25) is 0 Å². The lowest BCUT2D eigenvalue weighted by atomic mass is 10.2. The van der Waals surface area contributed by atoms with Crippen molar-refractivity contribution in [2.24, 2.45) is 0 Å². The van der Waals surface area contributed by atoms with Gasteiger partial charge in [-0.25, -0.2) is 4.79 Å². The maximum atomic E-state index is 12.2. The van der Waals surface area contributed by atoms with Crippen LogP contribution in [0.5, 0.6) is 5.75 Å². The molecule has 1 saturated heterocycles. The average molecular weight is 412 g/mol. The minimum atomic E-state index is -0.645. The first-order chi connectivity index (χ1) is 14.5. The third-order valence-corrected chi connectivity index (χ3v) is 4.64. The van der Waals surface area contributed by atoms with Gasteiger partial charge in [0.05, 0.1) is 25.9 Å². The van der Waals surface area contributed by atoms with Crippen molar-refractivity contribution >= 4 is 5.97 Å². The number of esters is 1. The van der Waals surface area contributed by atoms with Gasteiger partial charge in [-0.15, -0.1) is 0 Å². The minimum Gasteiger partial charge on any atom is -0.497 e. The van der Waals surface area contributed by atoms with Crippen molar-refractivity contribution in [3.63, 3.8) is 0 Å². The van der Waals surface area contributed by atoms with Crippen molar-refractivity contribution < 1.29 is 28.5 Å². The van der Waals surface area contributed by atoms with Crippen molar-refractivity contribution in [1.82, 2.24) is 0 Å². The second-order valence-corrected chi connectivity index (χ2v) is 7.38. The average Bonchev–Trinajstić information content (AvgIpc) is 3.13. The molecular formula is C24H28O6. The molecule has 0 radical (unpaired) electrons. The number of carbonyl (C=O) groups is 1. The van der Waals surface area contributed by atoms with Gasteiger partial charge >= 0.3 is 5.97 Å². The van der Waals surface area contributed by atoms with Gasteiger partial charge in [0.1, 0.15) is 24.6 Å². The van der Waals surface area contributed by atoms with E-state index in [1.165, 1.54) is 0 Å². The molecule has 2 atom stereocenters. The van der Waals surface area contributed by atoms with Crippen LogP contribution in [0.3, 0.4) is 0 Å². The summed E-state index contributed by atoms with van der Waals surface area (Å²) < 4.78 is 28.1. The van der Waals surface area contributed by atoms with Crippen LogP contribution in [-0.2, 0) is 25.6 Å². The summed E-state index contributed by atoms with van der Waals surface area (Å²) in [6.45, 7) is 4.76. The molecule has 0 aliphatic carbocycles. The van der Waals surface area contributed by atoms with E-state index in [1.807, 2.05) is 50.3 Å². The maximum absolute atomic E-state index is 12.2. The number of hydrogen-bond donors (Lipinski definition) is 0. The van der Waals surface area contributed by atoms with Crippen LogP contribution >= 0.6 is 0 Å². The van der Waals surface area contributed by atoms with E-state index in [2.05, 4.69) is 0 Å². The van der Waals surface area contributed by atoms with Gasteiger partial charge in [-0.3, -0.25) is 0 Å². The van der Waals surface area contributed by atoms with Crippen molar-refractivity contribution in [2.75, 3.05) is 20.3 Å². The highest BCUT2D eigenvalue weighted by molar-refractivity contribution is 5.89. The molecular weight excluding hydrogens is 384 g/mol. The standard InChI is InChI=1S/C24H28O6/c1-24(2)29-17-22(30-24)21(28-16-18-8-5-4-6-9-18)10-7-15-27-23(25)19-11-13-20(26-3)14-12-19/h4-14,21-22H,15-17H2,1-3H3/b10-7+/t21-,22-/m0/s1. The fraction of sp³-hybridized carbons (Fsp3) is 0.375. The summed E-state index contributed by atoms with van der Waals surface area (Å²) in [6, 6.07) is 16.7. The molecule has 30 heavy (non-hydrogen) atoms. The van der Waals surface area contributed by atoms with E-state index in [9.17, 15) is 4.79 Å². The van der Waals surface area contributed by atoms with E-state index in [0.29, 0.717) is 24.5 Å². The summed E-state index contributed by atoms with van der Waals surface area (Å²) in [6.07, 6.45) is 3.06. The molecule has 0 aromatic heterocycles. The molecule has 160 valence electrons. The Labute approximate surface area is 177 Å². The molecule has 0 spiro atoms. The SMILES string of the molecule is COc1ccc(C(=O)OC/C=C/[C@H](OCc2ccccc2)[C@@H]2COC(C)(C)O2)cc1.